The second-order valence-electron chi connectivity index (χ2n) is 5.84. The first-order valence-electron chi connectivity index (χ1n) is 8.21. The van der Waals surface area contributed by atoms with Gasteiger partial charge in [0.15, 0.2) is 0 Å². The van der Waals surface area contributed by atoms with Crippen LogP contribution in [0.3, 0.4) is 0 Å². The molecule has 0 bridgehead atoms. The average Bonchev–Trinajstić information content (AvgIpc) is 2.58. The number of amides is 1. The Hall–Kier alpha value is -2.45. The predicted octanol–water partition coefficient (Wildman–Crippen LogP) is 2.40. The highest BCUT2D eigenvalue weighted by atomic mass is 32.2. The highest BCUT2D eigenvalue weighted by Crippen LogP contribution is 2.20. The molecule has 0 atom stereocenters. The molecule has 2 rings (SSSR count). The zero-order valence-electron chi connectivity index (χ0n) is 14.5. The van der Waals surface area contributed by atoms with Gasteiger partial charge in [-0.3, -0.25) is 9.52 Å². The van der Waals surface area contributed by atoms with E-state index in [4.69, 9.17) is 5.73 Å². The number of nitrogens with one attached hydrogen (secondary N) is 2. The fourth-order valence-electron chi connectivity index (χ4n) is 2.39. The SMILES string of the molecule is Cc1cc(F)ccc1S(=O)(=O)Nc1ccc(C(=O)NCCCCN)cc1. The van der Waals surface area contributed by atoms with Crippen LogP contribution in [0.5, 0.6) is 0 Å². The summed E-state index contributed by atoms with van der Waals surface area (Å²) in [7, 11) is -3.84. The van der Waals surface area contributed by atoms with Gasteiger partial charge in [0.1, 0.15) is 5.82 Å². The number of hydrogen-bond acceptors (Lipinski definition) is 4. The van der Waals surface area contributed by atoms with Crippen molar-refractivity contribution in [2.45, 2.75) is 24.7 Å². The summed E-state index contributed by atoms with van der Waals surface area (Å²) in [5, 5.41) is 2.77. The van der Waals surface area contributed by atoms with Crippen LogP contribution in [0.2, 0.25) is 0 Å². The Balaban J connectivity index is 2.05. The topological polar surface area (TPSA) is 101 Å². The van der Waals surface area contributed by atoms with Crippen molar-refractivity contribution in [1.29, 1.82) is 0 Å². The maximum atomic E-state index is 13.2. The fourth-order valence-corrected chi connectivity index (χ4v) is 3.67. The van der Waals surface area contributed by atoms with Crippen molar-refractivity contribution >= 4 is 21.6 Å². The molecule has 0 spiro atoms. The Morgan fingerprint density at radius 3 is 2.42 bits per heavy atom. The standard InChI is InChI=1S/C18H22FN3O3S/c1-13-12-15(19)6-9-17(13)26(24,25)22-16-7-4-14(5-8-16)18(23)21-11-3-2-10-20/h4-9,12,22H,2-3,10-11,20H2,1H3,(H,21,23). The van der Waals surface area contributed by atoms with E-state index in [0.717, 1.165) is 25.0 Å². The van der Waals surface area contributed by atoms with Crippen molar-refractivity contribution in [3.05, 3.63) is 59.4 Å². The van der Waals surface area contributed by atoms with Gasteiger partial charge in [-0.2, -0.15) is 0 Å². The van der Waals surface area contributed by atoms with Gasteiger partial charge in [0.05, 0.1) is 4.90 Å². The summed E-state index contributed by atoms with van der Waals surface area (Å²) in [6.45, 7) is 2.64. The number of aryl methyl sites for hydroxylation is 1. The number of rotatable bonds is 8. The van der Waals surface area contributed by atoms with Gasteiger partial charge in [-0.15, -0.1) is 0 Å². The molecule has 0 heterocycles. The first-order chi connectivity index (χ1) is 12.3. The molecular weight excluding hydrogens is 357 g/mol. The highest BCUT2D eigenvalue weighted by molar-refractivity contribution is 7.92. The summed E-state index contributed by atoms with van der Waals surface area (Å²) >= 11 is 0. The molecule has 1 amide bonds. The molecule has 4 N–H and O–H groups in total. The number of nitrogens with two attached hydrogens (primary N) is 1. The summed E-state index contributed by atoms with van der Waals surface area (Å²) in [6.07, 6.45) is 1.64. The molecule has 6 nitrogen and oxygen atoms in total. The second kappa shape index (κ2) is 8.77. The largest absolute Gasteiger partial charge is 0.352 e. The number of benzene rings is 2. The monoisotopic (exact) mass is 379 g/mol. The van der Waals surface area contributed by atoms with E-state index in [1.165, 1.54) is 37.3 Å². The molecule has 0 aliphatic heterocycles. The van der Waals surface area contributed by atoms with E-state index in [1.54, 1.807) is 0 Å². The lowest BCUT2D eigenvalue weighted by Crippen LogP contribution is -2.24. The molecule has 0 saturated heterocycles. The number of carbonyl (C=O) groups excluding carboxylic acids is 1. The van der Waals surface area contributed by atoms with Crippen molar-refractivity contribution in [2.24, 2.45) is 5.73 Å². The van der Waals surface area contributed by atoms with Crippen LogP contribution in [0.15, 0.2) is 47.4 Å². The van der Waals surface area contributed by atoms with Crippen LogP contribution >= 0.6 is 0 Å². The number of halogens is 1. The molecular formula is C18H22FN3O3S. The van der Waals surface area contributed by atoms with Gasteiger partial charge in [0, 0.05) is 17.8 Å². The molecule has 0 aliphatic rings. The van der Waals surface area contributed by atoms with Crippen LogP contribution in [-0.2, 0) is 10.0 Å². The van der Waals surface area contributed by atoms with E-state index < -0.39 is 15.8 Å². The number of sulfonamides is 1. The van der Waals surface area contributed by atoms with Crippen LogP contribution in [0.1, 0.15) is 28.8 Å². The Kier molecular flexibility index (Phi) is 6.70. The van der Waals surface area contributed by atoms with Crippen LogP contribution in [0.4, 0.5) is 10.1 Å². The molecule has 0 unspecified atom stereocenters. The number of hydrogen-bond donors (Lipinski definition) is 3. The molecule has 8 heteroatoms. The van der Waals surface area contributed by atoms with Crippen LogP contribution in [0.25, 0.3) is 0 Å². The van der Waals surface area contributed by atoms with Gasteiger partial charge in [0.25, 0.3) is 15.9 Å². The van der Waals surface area contributed by atoms with E-state index in [2.05, 4.69) is 10.0 Å². The van der Waals surface area contributed by atoms with E-state index in [1.807, 2.05) is 0 Å². The van der Waals surface area contributed by atoms with E-state index >= 15 is 0 Å². The van der Waals surface area contributed by atoms with Crippen LogP contribution < -0.4 is 15.8 Å². The summed E-state index contributed by atoms with van der Waals surface area (Å²) in [5.41, 5.74) is 6.45. The lowest BCUT2D eigenvalue weighted by Gasteiger charge is -2.11. The lowest BCUT2D eigenvalue weighted by atomic mass is 10.2. The molecule has 2 aromatic rings. The van der Waals surface area contributed by atoms with Crippen LogP contribution in [0, 0.1) is 12.7 Å². The Morgan fingerprint density at radius 2 is 1.81 bits per heavy atom. The number of carbonyl (C=O) groups is 1. The molecule has 26 heavy (non-hydrogen) atoms. The van der Waals surface area contributed by atoms with Crippen molar-refractivity contribution < 1.29 is 17.6 Å². The van der Waals surface area contributed by atoms with E-state index in [0.29, 0.717) is 29.9 Å². The van der Waals surface area contributed by atoms with E-state index in [9.17, 15) is 17.6 Å². The van der Waals surface area contributed by atoms with Crippen molar-refractivity contribution in [3.8, 4) is 0 Å². The van der Waals surface area contributed by atoms with Gasteiger partial charge >= 0.3 is 0 Å². The van der Waals surface area contributed by atoms with Crippen molar-refractivity contribution in [3.63, 3.8) is 0 Å². The van der Waals surface area contributed by atoms with Gasteiger partial charge in [-0.1, -0.05) is 0 Å². The average molecular weight is 379 g/mol. The van der Waals surface area contributed by atoms with Crippen molar-refractivity contribution in [1.82, 2.24) is 5.32 Å². The molecule has 0 fully saturated rings. The normalized spacial score (nSPS) is 11.2. The summed E-state index contributed by atoms with van der Waals surface area (Å²) in [5.74, 6) is -0.728. The third-order valence-corrected chi connectivity index (χ3v) is 5.28. The van der Waals surface area contributed by atoms with Gasteiger partial charge in [-0.25, -0.2) is 12.8 Å². The third kappa shape index (κ3) is 5.27. The zero-order chi connectivity index (χ0) is 19.2. The Bertz CT molecular complexity index is 868. The predicted molar refractivity (Wildman–Crippen MR) is 99.0 cm³/mol. The molecule has 2 aromatic carbocycles. The highest BCUT2D eigenvalue weighted by Gasteiger charge is 2.17. The molecule has 0 radical (unpaired) electrons. The van der Waals surface area contributed by atoms with Gasteiger partial charge in [0.2, 0.25) is 0 Å². The molecule has 140 valence electrons. The number of anilines is 1. The zero-order valence-corrected chi connectivity index (χ0v) is 15.3. The summed E-state index contributed by atoms with van der Waals surface area (Å²) in [6, 6.07) is 9.56. The van der Waals surface area contributed by atoms with Crippen LogP contribution in [-0.4, -0.2) is 27.4 Å². The summed E-state index contributed by atoms with van der Waals surface area (Å²) < 4.78 is 40.4. The minimum Gasteiger partial charge on any atom is -0.352 e. The lowest BCUT2D eigenvalue weighted by molar-refractivity contribution is 0.0953. The number of unbranched alkanes of at least 4 members (excludes halogenated alkanes) is 1. The first-order valence-corrected chi connectivity index (χ1v) is 9.69. The maximum absolute atomic E-state index is 13.2. The second-order valence-corrected chi connectivity index (χ2v) is 7.50. The minimum atomic E-state index is -3.84. The minimum absolute atomic E-state index is 0.000577. The Morgan fingerprint density at radius 1 is 1.12 bits per heavy atom. The molecule has 0 aromatic heterocycles. The van der Waals surface area contributed by atoms with Gasteiger partial charge < -0.3 is 11.1 Å². The summed E-state index contributed by atoms with van der Waals surface area (Å²) in [4.78, 5) is 12.0. The third-order valence-electron chi connectivity index (χ3n) is 3.74. The van der Waals surface area contributed by atoms with Crippen molar-refractivity contribution in [2.75, 3.05) is 17.8 Å². The first kappa shape index (κ1) is 19.9. The molecule has 0 saturated carbocycles. The smallest absolute Gasteiger partial charge is 0.262 e. The quantitative estimate of drug-likeness (QED) is 0.613. The Labute approximate surface area is 152 Å². The maximum Gasteiger partial charge on any atom is 0.262 e. The van der Waals surface area contributed by atoms with E-state index in [-0.39, 0.29) is 10.8 Å². The molecule has 0 aliphatic carbocycles. The van der Waals surface area contributed by atoms with Gasteiger partial charge in [-0.05, 0) is 74.3 Å². The fraction of sp³-hybridized carbons (Fsp3) is 0.278.